The minimum absolute atomic E-state index is 0.318. The lowest BCUT2D eigenvalue weighted by atomic mass is 9.93. The fraction of sp³-hybridized carbons (Fsp3) is 0.500. The Labute approximate surface area is 117 Å². The monoisotopic (exact) mass is 277 g/mol. The molecule has 1 aromatic heterocycles. The molecule has 2 rings (SSSR count). The molecule has 2 atom stereocenters. The number of carbonyl (C=O) groups is 2. The summed E-state index contributed by atoms with van der Waals surface area (Å²) in [7, 11) is 0. The largest absolute Gasteiger partial charge is 0.480 e. The Morgan fingerprint density at radius 1 is 1.45 bits per heavy atom. The Bertz CT molecular complexity index is 478. The second-order valence-electron chi connectivity index (χ2n) is 5.19. The minimum Gasteiger partial charge on any atom is -0.480 e. The van der Waals surface area contributed by atoms with Crippen LogP contribution in [0.2, 0.25) is 0 Å². The summed E-state index contributed by atoms with van der Waals surface area (Å²) >= 11 is 0. The van der Waals surface area contributed by atoms with Crippen molar-refractivity contribution in [2.45, 2.75) is 32.4 Å². The van der Waals surface area contributed by atoms with Crippen molar-refractivity contribution in [3.05, 3.63) is 30.1 Å². The molecule has 2 unspecified atom stereocenters. The Hall–Kier alpha value is -2.11. The van der Waals surface area contributed by atoms with Crippen LogP contribution in [0.3, 0.4) is 0 Å². The van der Waals surface area contributed by atoms with Crippen LogP contribution in [0.1, 0.15) is 25.3 Å². The van der Waals surface area contributed by atoms with Crippen molar-refractivity contribution in [1.29, 1.82) is 0 Å². The first kappa shape index (κ1) is 14.3. The molecule has 2 heterocycles. The van der Waals surface area contributed by atoms with Gasteiger partial charge in [0, 0.05) is 25.5 Å². The van der Waals surface area contributed by atoms with Gasteiger partial charge in [0.25, 0.3) is 0 Å². The van der Waals surface area contributed by atoms with Gasteiger partial charge in [-0.1, -0.05) is 6.92 Å². The van der Waals surface area contributed by atoms with E-state index in [1.165, 1.54) is 4.90 Å². The van der Waals surface area contributed by atoms with E-state index in [9.17, 15) is 14.7 Å². The quantitative estimate of drug-likeness (QED) is 0.876. The molecule has 1 aromatic rings. The fourth-order valence-corrected chi connectivity index (χ4v) is 2.40. The van der Waals surface area contributed by atoms with Gasteiger partial charge in [0.05, 0.1) is 0 Å². The third-order valence-electron chi connectivity index (χ3n) is 3.60. The van der Waals surface area contributed by atoms with E-state index in [0.29, 0.717) is 25.4 Å². The molecule has 6 heteroatoms. The molecule has 2 N–H and O–H groups in total. The normalized spacial score (nSPS) is 22.4. The van der Waals surface area contributed by atoms with Gasteiger partial charge in [-0.2, -0.15) is 0 Å². The van der Waals surface area contributed by atoms with Crippen LogP contribution in [0, 0.1) is 5.92 Å². The zero-order chi connectivity index (χ0) is 14.5. The van der Waals surface area contributed by atoms with E-state index in [-0.39, 0.29) is 6.03 Å². The lowest BCUT2D eigenvalue weighted by molar-refractivity contribution is -0.143. The highest BCUT2D eigenvalue weighted by Gasteiger charge is 2.34. The molecule has 0 aromatic carbocycles. The number of aromatic nitrogens is 1. The second-order valence-corrected chi connectivity index (χ2v) is 5.19. The van der Waals surface area contributed by atoms with Gasteiger partial charge in [0.15, 0.2) is 0 Å². The summed E-state index contributed by atoms with van der Waals surface area (Å²) < 4.78 is 0. The van der Waals surface area contributed by atoms with Crippen molar-refractivity contribution in [2.24, 2.45) is 5.92 Å². The third kappa shape index (κ3) is 3.46. The number of urea groups is 1. The number of hydrogen-bond acceptors (Lipinski definition) is 3. The maximum atomic E-state index is 12.1. The average molecular weight is 277 g/mol. The summed E-state index contributed by atoms with van der Waals surface area (Å²) in [5.41, 5.74) is 0.936. The molecule has 108 valence electrons. The standard InChI is InChI=1S/C14H19N3O3/c1-10-4-7-17(12(8-10)13(18)19)14(20)16-9-11-2-5-15-6-3-11/h2-3,5-6,10,12H,4,7-9H2,1H3,(H,16,20)(H,18,19). The highest BCUT2D eigenvalue weighted by Crippen LogP contribution is 2.22. The summed E-state index contributed by atoms with van der Waals surface area (Å²) in [6.45, 7) is 2.88. The van der Waals surface area contributed by atoms with Gasteiger partial charge < -0.3 is 15.3 Å². The maximum Gasteiger partial charge on any atom is 0.326 e. The molecule has 2 amide bonds. The van der Waals surface area contributed by atoms with Crippen LogP contribution in [0.5, 0.6) is 0 Å². The molecular formula is C14H19N3O3. The smallest absolute Gasteiger partial charge is 0.326 e. The van der Waals surface area contributed by atoms with Crippen molar-refractivity contribution in [2.75, 3.05) is 6.54 Å². The average Bonchev–Trinajstić information content (AvgIpc) is 2.45. The van der Waals surface area contributed by atoms with Gasteiger partial charge in [0.1, 0.15) is 6.04 Å². The molecule has 1 fully saturated rings. The van der Waals surface area contributed by atoms with Crippen molar-refractivity contribution < 1.29 is 14.7 Å². The molecule has 0 saturated carbocycles. The zero-order valence-corrected chi connectivity index (χ0v) is 11.5. The van der Waals surface area contributed by atoms with Crippen molar-refractivity contribution in [3.8, 4) is 0 Å². The number of nitrogens with one attached hydrogen (secondary N) is 1. The van der Waals surface area contributed by atoms with E-state index >= 15 is 0 Å². The van der Waals surface area contributed by atoms with E-state index in [1.807, 2.05) is 19.1 Å². The van der Waals surface area contributed by atoms with Gasteiger partial charge in [-0.05, 0) is 36.5 Å². The highest BCUT2D eigenvalue weighted by atomic mass is 16.4. The van der Waals surface area contributed by atoms with Crippen molar-refractivity contribution in [3.63, 3.8) is 0 Å². The number of piperidine rings is 1. The molecule has 0 bridgehead atoms. The van der Waals surface area contributed by atoms with Crippen LogP contribution in [-0.2, 0) is 11.3 Å². The first-order valence-corrected chi connectivity index (χ1v) is 6.74. The van der Waals surface area contributed by atoms with Crippen molar-refractivity contribution in [1.82, 2.24) is 15.2 Å². The van der Waals surface area contributed by atoms with Crippen LogP contribution in [-0.4, -0.2) is 39.6 Å². The molecule has 1 aliphatic heterocycles. The number of hydrogen-bond donors (Lipinski definition) is 2. The number of carboxylic acid groups (broad SMARTS) is 1. The minimum atomic E-state index is -0.935. The van der Waals surface area contributed by atoms with Gasteiger partial charge >= 0.3 is 12.0 Å². The van der Waals surface area contributed by atoms with Gasteiger partial charge in [-0.25, -0.2) is 9.59 Å². The number of amides is 2. The van der Waals surface area contributed by atoms with Crippen LogP contribution in [0.15, 0.2) is 24.5 Å². The summed E-state index contributed by atoms with van der Waals surface area (Å²) in [6, 6.07) is 2.58. The Balaban J connectivity index is 1.95. The lowest BCUT2D eigenvalue weighted by Crippen LogP contribution is -2.53. The number of carbonyl (C=O) groups excluding carboxylic acids is 1. The van der Waals surface area contributed by atoms with E-state index in [1.54, 1.807) is 12.4 Å². The molecule has 20 heavy (non-hydrogen) atoms. The number of rotatable bonds is 3. The van der Waals surface area contributed by atoms with E-state index < -0.39 is 12.0 Å². The molecule has 1 saturated heterocycles. The predicted octanol–water partition coefficient (Wildman–Crippen LogP) is 1.48. The van der Waals surface area contributed by atoms with Crippen LogP contribution in [0.4, 0.5) is 4.79 Å². The number of carboxylic acids is 1. The van der Waals surface area contributed by atoms with Gasteiger partial charge in [0.2, 0.25) is 0 Å². The number of nitrogens with zero attached hydrogens (tertiary/aromatic N) is 2. The van der Waals surface area contributed by atoms with Gasteiger partial charge in [-0.3, -0.25) is 4.98 Å². The molecule has 0 spiro atoms. The van der Waals surface area contributed by atoms with E-state index in [2.05, 4.69) is 10.3 Å². The van der Waals surface area contributed by atoms with Gasteiger partial charge in [-0.15, -0.1) is 0 Å². The summed E-state index contributed by atoms with van der Waals surface area (Å²) in [5, 5.41) is 12.0. The van der Waals surface area contributed by atoms with Crippen molar-refractivity contribution >= 4 is 12.0 Å². The first-order valence-electron chi connectivity index (χ1n) is 6.74. The molecular weight excluding hydrogens is 258 g/mol. The topological polar surface area (TPSA) is 82.5 Å². The SMILES string of the molecule is CC1CCN(C(=O)NCc2ccncc2)C(C(=O)O)C1. The Kier molecular flexibility index (Phi) is 4.55. The fourth-order valence-electron chi connectivity index (χ4n) is 2.40. The predicted molar refractivity (Wildman–Crippen MR) is 73.0 cm³/mol. The highest BCUT2D eigenvalue weighted by molar-refractivity contribution is 5.82. The third-order valence-corrected chi connectivity index (χ3v) is 3.60. The zero-order valence-electron chi connectivity index (χ0n) is 11.5. The van der Waals surface area contributed by atoms with E-state index in [4.69, 9.17) is 0 Å². The first-order chi connectivity index (χ1) is 9.58. The summed E-state index contributed by atoms with van der Waals surface area (Å²) in [4.78, 5) is 28.7. The lowest BCUT2D eigenvalue weighted by Gasteiger charge is -2.35. The maximum absolute atomic E-state index is 12.1. The Morgan fingerprint density at radius 2 is 2.15 bits per heavy atom. The molecule has 0 aliphatic carbocycles. The second kappa shape index (κ2) is 6.36. The Morgan fingerprint density at radius 3 is 2.80 bits per heavy atom. The summed E-state index contributed by atoms with van der Waals surface area (Å²) in [6.07, 6.45) is 4.67. The van der Waals surface area contributed by atoms with Crippen LogP contribution in [0.25, 0.3) is 0 Å². The molecule has 0 radical (unpaired) electrons. The molecule has 1 aliphatic rings. The number of likely N-dealkylation sites (tertiary alicyclic amines) is 1. The number of pyridine rings is 1. The van der Waals surface area contributed by atoms with E-state index in [0.717, 1.165) is 12.0 Å². The number of aliphatic carboxylic acids is 1. The van der Waals surface area contributed by atoms with Crippen LogP contribution < -0.4 is 5.32 Å². The summed E-state index contributed by atoms with van der Waals surface area (Å²) in [5.74, 6) is -0.601. The van der Waals surface area contributed by atoms with Crippen LogP contribution >= 0.6 is 0 Å². The molecule has 6 nitrogen and oxygen atoms in total.